The van der Waals surface area contributed by atoms with Gasteiger partial charge in [0.05, 0.1) is 22.9 Å². The summed E-state index contributed by atoms with van der Waals surface area (Å²) in [6, 6.07) is 5.34. The summed E-state index contributed by atoms with van der Waals surface area (Å²) in [5.74, 6) is 0. The Morgan fingerprint density at radius 3 is 2.79 bits per heavy atom. The van der Waals surface area contributed by atoms with Crippen LogP contribution in [0.5, 0.6) is 0 Å². The van der Waals surface area contributed by atoms with Gasteiger partial charge in [-0.2, -0.15) is 0 Å². The van der Waals surface area contributed by atoms with Gasteiger partial charge in [-0.25, -0.2) is 4.98 Å². The second-order valence-corrected chi connectivity index (χ2v) is 5.40. The van der Waals surface area contributed by atoms with Crippen molar-refractivity contribution >= 4 is 23.2 Å². The topological polar surface area (TPSA) is 38.0 Å². The molecule has 0 saturated heterocycles. The molecule has 5 heteroatoms. The lowest BCUT2D eigenvalue weighted by Gasteiger charge is -2.30. The van der Waals surface area contributed by atoms with Crippen molar-refractivity contribution in [2.24, 2.45) is 0 Å². The second-order valence-electron chi connectivity index (χ2n) is 4.62. The van der Waals surface area contributed by atoms with Gasteiger partial charge < -0.3 is 9.67 Å². The Bertz CT molecular complexity index is 542. The van der Waals surface area contributed by atoms with E-state index < -0.39 is 5.60 Å². The van der Waals surface area contributed by atoms with Gasteiger partial charge in [0.25, 0.3) is 0 Å². The zero-order chi connectivity index (χ0) is 13.9. The first kappa shape index (κ1) is 14.4. The maximum absolute atomic E-state index is 11.0. The first-order chi connectivity index (χ1) is 9.07. The van der Waals surface area contributed by atoms with Crippen molar-refractivity contribution in [1.29, 1.82) is 0 Å². The summed E-state index contributed by atoms with van der Waals surface area (Å²) in [7, 11) is 0. The molecule has 0 saturated carbocycles. The molecule has 1 atom stereocenters. The zero-order valence-electron chi connectivity index (χ0n) is 10.7. The van der Waals surface area contributed by atoms with Crippen molar-refractivity contribution in [1.82, 2.24) is 9.55 Å². The third kappa shape index (κ3) is 3.11. The Labute approximate surface area is 122 Å². The van der Waals surface area contributed by atoms with E-state index in [2.05, 4.69) is 4.98 Å². The normalized spacial score (nSPS) is 14.3. The molecule has 0 aliphatic rings. The second kappa shape index (κ2) is 5.95. The van der Waals surface area contributed by atoms with Crippen LogP contribution in [0, 0.1) is 0 Å². The molecule has 3 nitrogen and oxygen atoms in total. The van der Waals surface area contributed by atoms with Gasteiger partial charge >= 0.3 is 0 Å². The minimum absolute atomic E-state index is 0.404. The molecule has 1 aromatic carbocycles. The van der Waals surface area contributed by atoms with Gasteiger partial charge in [0.2, 0.25) is 0 Å². The summed E-state index contributed by atoms with van der Waals surface area (Å²) in [5.41, 5.74) is -0.380. The number of benzene rings is 1. The number of rotatable bonds is 5. The Hall–Kier alpha value is -1.03. The standard InChI is InChI=1S/C14H16Cl2N2O/c1-2-6-14(19,9-18-8-7-17-10-18)11-4-3-5-12(15)13(11)16/h3-5,7-8,10,19H,2,6,9H2,1H3. The van der Waals surface area contributed by atoms with Crippen LogP contribution in [0.2, 0.25) is 10.0 Å². The van der Waals surface area contributed by atoms with E-state index >= 15 is 0 Å². The molecule has 0 aliphatic carbocycles. The van der Waals surface area contributed by atoms with Crippen molar-refractivity contribution < 1.29 is 5.11 Å². The molecule has 1 N–H and O–H groups in total. The molecule has 0 bridgehead atoms. The Kier molecular flexibility index (Phi) is 4.50. The van der Waals surface area contributed by atoms with Crippen molar-refractivity contribution in [3.05, 3.63) is 52.5 Å². The molecule has 19 heavy (non-hydrogen) atoms. The number of nitrogens with zero attached hydrogens (tertiary/aromatic N) is 2. The lowest BCUT2D eigenvalue weighted by Crippen LogP contribution is -2.31. The molecule has 102 valence electrons. The number of hydrogen-bond acceptors (Lipinski definition) is 2. The fourth-order valence-corrected chi connectivity index (χ4v) is 2.73. The molecular formula is C14H16Cl2N2O. The Morgan fingerprint density at radius 1 is 1.37 bits per heavy atom. The summed E-state index contributed by atoms with van der Waals surface area (Å²) in [4.78, 5) is 3.99. The van der Waals surface area contributed by atoms with E-state index in [0.717, 1.165) is 6.42 Å². The van der Waals surface area contributed by atoms with Gasteiger partial charge in [-0.15, -0.1) is 0 Å². The minimum atomic E-state index is -1.04. The largest absolute Gasteiger partial charge is 0.383 e. The lowest BCUT2D eigenvalue weighted by molar-refractivity contribution is 0.00896. The van der Waals surface area contributed by atoms with Gasteiger partial charge in [0.1, 0.15) is 5.60 Å². The highest BCUT2D eigenvalue weighted by molar-refractivity contribution is 6.42. The quantitative estimate of drug-likeness (QED) is 0.910. The van der Waals surface area contributed by atoms with Crippen LogP contribution in [0.15, 0.2) is 36.9 Å². The average Bonchev–Trinajstić information content (AvgIpc) is 2.85. The maximum atomic E-state index is 11.0. The monoisotopic (exact) mass is 298 g/mol. The van der Waals surface area contributed by atoms with E-state index in [0.29, 0.717) is 28.6 Å². The van der Waals surface area contributed by atoms with E-state index in [9.17, 15) is 5.11 Å². The minimum Gasteiger partial charge on any atom is -0.383 e. The summed E-state index contributed by atoms with van der Waals surface area (Å²) in [5, 5.41) is 11.8. The highest BCUT2D eigenvalue weighted by Gasteiger charge is 2.31. The molecule has 2 rings (SSSR count). The number of halogens is 2. The fourth-order valence-electron chi connectivity index (χ4n) is 2.26. The molecule has 1 unspecified atom stereocenters. The van der Waals surface area contributed by atoms with Crippen LogP contribution in [-0.4, -0.2) is 14.7 Å². The maximum Gasteiger partial charge on any atom is 0.109 e. The Morgan fingerprint density at radius 2 is 2.16 bits per heavy atom. The third-order valence-corrected chi connectivity index (χ3v) is 3.94. The smallest absolute Gasteiger partial charge is 0.109 e. The predicted octanol–water partition coefficient (Wildman–Crippen LogP) is 3.88. The van der Waals surface area contributed by atoms with Crippen LogP contribution in [0.25, 0.3) is 0 Å². The summed E-state index contributed by atoms with van der Waals surface area (Å²) >= 11 is 12.3. The SMILES string of the molecule is CCCC(O)(Cn1ccnc1)c1cccc(Cl)c1Cl. The number of aliphatic hydroxyl groups is 1. The first-order valence-corrected chi connectivity index (χ1v) is 6.95. The van der Waals surface area contributed by atoms with Crippen LogP contribution >= 0.6 is 23.2 Å². The number of aromatic nitrogens is 2. The molecule has 1 heterocycles. The highest BCUT2D eigenvalue weighted by Crippen LogP contribution is 2.37. The van der Waals surface area contributed by atoms with Gasteiger partial charge in [-0.1, -0.05) is 48.7 Å². The number of imidazole rings is 1. The molecule has 0 fully saturated rings. The van der Waals surface area contributed by atoms with Gasteiger partial charge in [0, 0.05) is 18.0 Å². The molecule has 0 aliphatic heterocycles. The highest BCUT2D eigenvalue weighted by atomic mass is 35.5. The van der Waals surface area contributed by atoms with Gasteiger partial charge in [-0.05, 0) is 12.5 Å². The molecule has 0 radical (unpaired) electrons. The van der Waals surface area contributed by atoms with Crippen LogP contribution in [0.1, 0.15) is 25.3 Å². The van der Waals surface area contributed by atoms with E-state index in [4.69, 9.17) is 23.2 Å². The summed E-state index contributed by atoms with van der Waals surface area (Å²) < 4.78 is 1.84. The van der Waals surface area contributed by atoms with Crippen LogP contribution in [0.3, 0.4) is 0 Å². The lowest BCUT2D eigenvalue weighted by atomic mass is 9.89. The van der Waals surface area contributed by atoms with E-state index in [1.807, 2.05) is 23.8 Å². The third-order valence-electron chi connectivity index (χ3n) is 3.12. The Balaban J connectivity index is 2.40. The predicted molar refractivity (Wildman–Crippen MR) is 77.5 cm³/mol. The fraction of sp³-hybridized carbons (Fsp3) is 0.357. The van der Waals surface area contributed by atoms with Crippen molar-refractivity contribution in [3.8, 4) is 0 Å². The van der Waals surface area contributed by atoms with Crippen molar-refractivity contribution in [2.75, 3.05) is 0 Å². The van der Waals surface area contributed by atoms with E-state index in [1.54, 1.807) is 24.7 Å². The average molecular weight is 299 g/mol. The van der Waals surface area contributed by atoms with E-state index in [1.165, 1.54) is 0 Å². The zero-order valence-corrected chi connectivity index (χ0v) is 12.2. The van der Waals surface area contributed by atoms with Crippen LogP contribution in [0.4, 0.5) is 0 Å². The molecule has 0 spiro atoms. The van der Waals surface area contributed by atoms with Crippen molar-refractivity contribution in [3.63, 3.8) is 0 Å². The molecule has 2 aromatic rings. The van der Waals surface area contributed by atoms with E-state index in [-0.39, 0.29) is 0 Å². The van der Waals surface area contributed by atoms with Gasteiger partial charge in [-0.3, -0.25) is 0 Å². The summed E-state index contributed by atoms with van der Waals surface area (Å²) in [6.07, 6.45) is 6.63. The molecular weight excluding hydrogens is 283 g/mol. The van der Waals surface area contributed by atoms with Gasteiger partial charge in [0.15, 0.2) is 0 Å². The molecule has 0 amide bonds. The van der Waals surface area contributed by atoms with Crippen molar-refractivity contribution in [2.45, 2.75) is 31.9 Å². The number of hydrogen-bond donors (Lipinski definition) is 1. The molecule has 1 aromatic heterocycles. The van der Waals surface area contributed by atoms with Crippen LogP contribution < -0.4 is 0 Å². The van der Waals surface area contributed by atoms with Crippen LogP contribution in [-0.2, 0) is 12.1 Å². The first-order valence-electron chi connectivity index (χ1n) is 6.19. The summed E-state index contributed by atoms with van der Waals surface area (Å²) in [6.45, 7) is 2.43.